The van der Waals surface area contributed by atoms with Crippen LogP contribution in [0.3, 0.4) is 0 Å². The van der Waals surface area contributed by atoms with E-state index in [4.69, 9.17) is 5.73 Å². The molecule has 2 unspecified atom stereocenters. The number of aromatic nitrogens is 1. The van der Waals surface area contributed by atoms with Crippen molar-refractivity contribution in [3.63, 3.8) is 0 Å². The van der Waals surface area contributed by atoms with E-state index >= 15 is 0 Å². The van der Waals surface area contributed by atoms with Crippen LogP contribution in [-0.2, 0) is 0 Å². The maximum absolute atomic E-state index is 12.0. The van der Waals surface area contributed by atoms with Crippen LogP contribution in [0.4, 0.5) is 19.0 Å². The fraction of sp³-hybridized carbons (Fsp3) is 0.583. The minimum atomic E-state index is -4.17. The molecule has 1 heterocycles. The van der Waals surface area contributed by atoms with Crippen LogP contribution in [0, 0.1) is 0 Å². The highest BCUT2D eigenvalue weighted by Gasteiger charge is 2.27. The predicted molar refractivity (Wildman–Crippen MR) is 65.2 cm³/mol. The van der Waals surface area contributed by atoms with Crippen LogP contribution in [0.5, 0.6) is 0 Å². The molecule has 1 rings (SSSR count). The molecule has 0 aliphatic heterocycles. The Morgan fingerprint density at radius 2 is 2.00 bits per heavy atom. The SMILES string of the molecule is CC(CC(C)c1ccc(N)nc1)NCC(F)(F)F. The van der Waals surface area contributed by atoms with E-state index in [0.29, 0.717) is 12.2 Å². The van der Waals surface area contributed by atoms with Crippen molar-refractivity contribution in [2.24, 2.45) is 0 Å². The highest BCUT2D eigenvalue weighted by Crippen LogP contribution is 2.21. The second kappa shape index (κ2) is 6.04. The molecular formula is C12H18F3N3. The number of hydrogen-bond donors (Lipinski definition) is 2. The van der Waals surface area contributed by atoms with Crippen molar-refractivity contribution in [1.82, 2.24) is 10.3 Å². The number of hydrogen-bond acceptors (Lipinski definition) is 3. The first-order chi connectivity index (χ1) is 8.28. The van der Waals surface area contributed by atoms with E-state index in [-0.39, 0.29) is 12.0 Å². The minimum Gasteiger partial charge on any atom is -0.384 e. The van der Waals surface area contributed by atoms with Crippen molar-refractivity contribution >= 4 is 5.82 Å². The zero-order chi connectivity index (χ0) is 13.8. The summed E-state index contributed by atoms with van der Waals surface area (Å²) < 4.78 is 36.1. The number of nitrogens with two attached hydrogens (primary N) is 1. The average Bonchev–Trinajstić information content (AvgIpc) is 2.26. The normalized spacial score (nSPS) is 15.4. The maximum Gasteiger partial charge on any atom is 0.401 e. The zero-order valence-corrected chi connectivity index (χ0v) is 10.5. The summed E-state index contributed by atoms with van der Waals surface area (Å²) in [5, 5.41) is 2.46. The molecule has 0 saturated carbocycles. The second-order valence-corrected chi connectivity index (χ2v) is 4.55. The lowest BCUT2D eigenvalue weighted by Crippen LogP contribution is -2.36. The molecule has 18 heavy (non-hydrogen) atoms. The van der Waals surface area contributed by atoms with Crippen molar-refractivity contribution in [2.45, 2.75) is 38.4 Å². The third kappa shape index (κ3) is 5.35. The molecule has 102 valence electrons. The molecule has 0 aliphatic rings. The molecule has 3 N–H and O–H groups in total. The monoisotopic (exact) mass is 261 g/mol. The van der Waals surface area contributed by atoms with Crippen molar-refractivity contribution in [1.29, 1.82) is 0 Å². The summed E-state index contributed by atoms with van der Waals surface area (Å²) in [4.78, 5) is 3.97. The first-order valence-electron chi connectivity index (χ1n) is 5.79. The van der Waals surface area contributed by atoms with Crippen LogP contribution in [0.1, 0.15) is 31.7 Å². The van der Waals surface area contributed by atoms with E-state index in [1.807, 2.05) is 13.0 Å². The molecule has 0 bridgehead atoms. The zero-order valence-electron chi connectivity index (χ0n) is 10.5. The van der Waals surface area contributed by atoms with Gasteiger partial charge in [-0.3, -0.25) is 0 Å². The Bertz CT molecular complexity index is 362. The fourth-order valence-corrected chi connectivity index (χ4v) is 1.75. The molecule has 0 fully saturated rings. The standard InChI is InChI=1S/C12H18F3N3/c1-8(10-3-4-11(16)17-6-10)5-9(2)18-7-12(13,14)15/h3-4,6,8-9,18H,5,7H2,1-2H3,(H2,16,17). The van der Waals surface area contributed by atoms with E-state index in [0.717, 1.165) is 5.56 Å². The van der Waals surface area contributed by atoms with Gasteiger partial charge in [0.25, 0.3) is 0 Å². The van der Waals surface area contributed by atoms with Gasteiger partial charge in [-0.2, -0.15) is 13.2 Å². The van der Waals surface area contributed by atoms with Gasteiger partial charge in [0.1, 0.15) is 5.82 Å². The third-order valence-corrected chi connectivity index (χ3v) is 2.74. The van der Waals surface area contributed by atoms with Crippen LogP contribution in [0.15, 0.2) is 18.3 Å². The number of halogens is 3. The Kier molecular flexibility index (Phi) is 4.95. The number of nitrogens with zero attached hydrogens (tertiary/aromatic N) is 1. The molecule has 6 heteroatoms. The van der Waals surface area contributed by atoms with Crippen LogP contribution < -0.4 is 11.1 Å². The molecule has 0 spiro atoms. The second-order valence-electron chi connectivity index (χ2n) is 4.55. The van der Waals surface area contributed by atoms with Crippen LogP contribution in [0.2, 0.25) is 0 Å². The highest BCUT2D eigenvalue weighted by atomic mass is 19.4. The van der Waals surface area contributed by atoms with Gasteiger partial charge in [-0.15, -0.1) is 0 Å². The summed E-state index contributed by atoms with van der Waals surface area (Å²) in [6.07, 6.45) is -1.89. The number of rotatable bonds is 5. The smallest absolute Gasteiger partial charge is 0.384 e. The van der Waals surface area contributed by atoms with Gasteiger partial charge in [-0.1, -0.05) is 13.0 Å². The van der Waals surface area contributed by atoms with E-state index < -0.39 is 12.7 Å². The van der Waals surface area contributed by atoms with Gasteiger partial charge in [0.05, 0.1) is 6.54 Å². The van der Waals surface area contributed by atoms with Gasteiger partial charge in [-0.05, 0) is 30.9 Å². The van der Waals surface area contributed by atoms with Crippen LogP contribution in [0.25, 0.3) is 0 Å². The van der Waals surface area contributed by atoms with Gasteiger partial charge in [0.2, 0.25) is 0 Å². The first kappa shape index (κ1) is 14.8. The van der Waals surface area contributed by atoms with Gasteiger partial charge in [0, 0.05) is 12.2 Å². The molecule has 2 atom stereocenters. The molecule has 0 amide bonds. The largest absolute Gasteiger partial charge is 0.401 e. The highest BCUT2D eigenvalue weighted by molar-refractivity contribution is 5.30. The molecule has 0 aromatic carbocycles. The summed E-state index contributed by atoms with van der Waals surface area (Å²) in [6, 6.07) is 3.34. The molecule has 0 saturated heterocycles. The Morgan fingerprint density at radius 3 is 2.50 bits per heavy atom. The maximum atomic E-state index is 12.0. The van der Waals surface area contributed by atoms with Gasteiger partial charge in [0.15, 0.2) is 0 Å². The fourth-order valence-electron chi connectivity index (χ4n) is 1.75. The molecule has 1 aromatic heterocycles. The van der Waals surface area contributed by atoms with Crippen molar-refractivity contribution < 1.29 is 13.2 Å². The van der Waals surface area contributed by atoms with Gasteiger partial charge >= 0.3 is 6.18 Å². The van der Waals surface area contributed by atoms with Crippen molar-refractivity contribution in [3.8, 4) is 0 Å². The average molecular weight is 261 g/mol. The third-order valence-electron chi connectivity index (χ3n) is 2.74. The Labute approximate surface area is 105 Å². The van der Waals surface area contributed by atoms with Crippen molar-refractivity contribution in [2.75, 3.05) is 12.3 Å². The molecule has 3 nitrogen and oxygen atoms in total. The Balaban J connectivity index is 2.44. The van der Waals surface area contributed by atoms with Crippen molar-refractivity contribution in [3.05, 3.63) is 23.9 Å². The predicted octanol–water partition coefficient (Wildman–Crippen LogP) is 2.70. The number of nitrogens with one attached hydrogen (secondary N) is 1. The Morgan fingerprint density at radius 1 is 1.33 bits per heavy atom. The number of anilines is 1. The van der Waals surface area contributed by atoms with Crippen LogP contribution in [-0.4, -0.2) is 23.7 Å². The summed E-state index contributed by atoms with van der Waals surface area (Å²) in [7, 11) is 0. The molecule has 1 aromatic rings. The molecular weight excluding hydrogens is 243 g/mol. The van der Waals surface area contributed by atoms with Gasteiger partial charge in [-0.25, -0.2) is 4.98 Å². The quantitative estimate of drug-likeness (QED) is 0.856. The number of nitrogen functional groups attached to an aromatic ring is 1. The minimum absolute atomic E-state index is 0.133. The molecule has 0 radical (unpaired) electrons. The molecule has 0 aliphatic carbocycles. The topological polar surface area (TPSA) is 50.9 Å². The number of pyridine rings is 1. The number of alkyl halides is 3. The van der Waals surface area contributed by atoms with E-state index in [1.165, 1.54) is 0 Å². The lowest BCUT2D eigenvalue weighted by molar-refractivity contribution is -0.126. The summed E-state index contributed by atoms with van der Waals surface area (Å²) in [5.74, 6) is 0.572. The lowest BCUT2D eigenvalue weighted by atomic mass is 9.96. The summed E-state index contributed by atoms with van der Waals surface area (Å²) in [6.45, 7) is 2.74. The van der Waals surface area contributed by atoms with Crippen LogP contribution >= 0.6 is 0 Å². The van der Waals surface area contributed by atoms with E-state index in [2.05, 4.69) is 10.3 Å². The lowest BCUT2D eigenvalue weighted by Gasteiger charge is -2.19. The van der Waals surface area contributed by atoms with E-state index in [9.17, 15) is 13.2 Å². The summed E-state index contributed by atoms with van der Waals surface area (Å²) in [5.41, 5.74) is 6.45. The Hall–Kier alpha value is -1.30. The summed E-state index contributed by atoms with van der Waals surface area (Å²) >= 11 is 0. The van der Waals surface area contributed by atoms with E-state index in [1.54, 1.807) is 19.2 Å². The first-order valence-corrected chi connectivity index (χ1v) is 5.79. The van der Waals surface area contributed by atoms with Gasteiger partial charge < -0.3 is 11.1 Å².